The predicted molar refractivity (Wildman–Crippen MR) is 166 cm³/mol. The number of methoxy groups -OCH3 is 2. The molecule has 0 saturated heterocycles. The Morgan fingerprint density at radius 1 is 0.800 bits per heavy atom. The molecule has 5 N–H and O–H groups in total. The van der Waals surface area contributed by atoms with Crippen molar-refractivity contribution in [3.05, 3.63) is 71.3 Å². The maximum Gasteiger partial charge on any atom is 0.407 e. The lowest BCUT2D eigenvalue weighted by Crippen LogP contribution is -2.59. The topological polar surface area (TPSA) is 182 Å². The molecule has 0 aliphatic carbocycles. The SMILES string of the molecule is COC(=O)N[C@H](C(=O)N[C@@H](Cc1ccccc1)C(O)CN(Cc1ccc(C#N)cc1)NC(=O)[C@@H](NC(=O)OC)C(C)C)C(C)C. The molecule has 0 aliphatic heterocycles. The molecule has 2 aromatic carbocycles. The Morgan fingerprint density at radius 3 is 1.82 bits per heavy atom. The van der Waals surface area contributed by atoms with Gasteiger partial charge in [-0.05, 0) is 41.5 Å². The van der Waals surface area contributed by atoms with Gasteiger partial charge in [-0.2, -0.15) is 5.26 Å². The number of aliphatic hydroxyl groups excluding tert-OH is 1. The van der Waals surface area contributed by atoms with Crippen molar-refractivity contribution in [2.24, 2.45) is 11.8 Å². The van der Waals surface area contributed by atoms with Gasteiger partial charge in [0.25, 0.3) is 5.91 Å². The molecule has 0 heterocycles. The molecule has 0 fully saturated rings. The van der Waals surface area contributed by atoms with Crippen LogP contribution in [0.1, 0.15) is 44.4 Å². The van der Waals surface area contributed by atoms with Crippen LogP contribution >= 0.6 is 0 Å². The average molecular weight is 625 g/mol. The van der Waals surface area contributed by atoms with Crippen molar-refractivity contribution in [3.8, 4) is 6.07 Å². The molecule has 2 aromatic rings. The first kappa shape index (κ1) is 36.5. The number of nitrogens with one attached hydrogen (secondary N) is 4. The number of nitrogens with zero attached hydrogens (tertiary/aromatic N) is 2. The van der Waals surface area contributed by atoms with Gasteiger partial charge in [-0.3, -0.25) is 15.0 Å². The van der Waals surface area contributed by atoms with Crippen LogP contribution in [0.4, 0.5) is 9.59 Å². The van der Waals surface area contributed by atoms with Gasteiger partial charge >= 0.3 is 12.2 Å². The second-order valence-corrected chi connectivity index (χ2v) is 11.3. The molecule has 4 amide bonds. The Morgan fingerprint density at radius 2 is 1.33 bits per heavy atom. The Bertz CT molecular complexity index is 1300. The summed E-state index contributed by atoms with van der Waals surface area (Å²) in [7, 11) is 2.40. The lowest BCUT2D eigenvalue weighted by Gasteiger charge is -2.33. The van der Waals surface area contributed by atoms with Crippen LogP contribution in [0.5, 0.6) is 0 Å². The zero-order valence-electron chi connectivity index (χ0n) is 26.6. The molecule has 1 unspecified atom stereocenters. The summed E-state index contributed by atoms with van der Waals surface area (Å²) in [6.45, 7) is 7.06. The fourth-order valence-corrected chi connectivity index (χ4v) is 4.50. The lowest BCUT2D eigenvalue weighted by molar-refractivity contribution is -0.131. The van der Waals surface area contributed by atoms with Crippen molar-refractivity contribution < 1.29 is 33.8 Å². The Labute approximate surface area is 264 Å². The van der Waals surface area contributed by atoms with E-state index in [0.29, 0.717) is 5.56 Å². The molecule has 13 heteroatoms. The van der Waals surface area contributed by atoms with E-state index in [0.717, 1.165) is 11.1 Å². The van der Waals surface area contributed by atoms with E-state index in [1.54, 1.807) is 52.0 Å². The van der Waals surface area contributed by atoms with Crippen LogP contribution in [-0.2, 0) is 32.0 Å². The number of alkyl carbamates (subject to hydrolysis) is 2. The van der Waals surface area contributed by atoms with Crippen LogP contribution in [-0.4, -0.2) is 79.1 Å². The van der Waals surface area contributed by atoms with Gasteiger partial charge in [-0.1, -0.05) is 70.2 Å². The highest BCUT2D eigenvalue weighted by Gasteiger charge is 2.32. The quantitative estimate of drug-likeness (QED) is 0.186. The van der Waals surface area contributed by atoms with E-state index in [1.165, 1.54) is 19.2 Å². The van der Waals surface area contributed by atoms with Gasteiger partial charge in [0.05, 0.1) is 38.0 Å². The van der Waals surface area contributed by atoms with Crippen molar-refractivity contribution in [3.63, 3.8) is 0 Å². The first-order valence-electron chi connectivity index (χ1n) is 14.6. The maximum atomic E-state index is 13.4. The number of hydrazine groups is 1. The molecule has 2 rings (SSSR count). The third-order valence-electron chi connectivity index (χ3n) is 7.04. The average Bonchev–Trinajstić information content (AvgIpc) is 3.02. The molecule has 0 spiro atoms. The summed E-state index contributed by atoms with van der Waals surface area (Å²) in [6, 6.07) is 15.3. The molecule has 4 atom stereocenters. The van der Waals surface area contributed by atoms with Crippen LogP contribution < -0.4 is 21.4 Å². The summed E-state index contributed by atoms with van der Waals surface area (Å²) < 4.78 is 9.35. The minimum absolute atomic E-state index is 0.127. The van der Waals surface area contributed by atoms with Gasteiger partial charge < -0.3 is 30.5 Å². The third-order valence-corrected chi connectivity index (χ3v) is 7.04. The molecule has 0 saturated carbocycles. The van der Waals surface area contributed by atoms with Crippen molar-refractivity contribution in [2.45, 2.75) is 64.9 Å². The fraction of sp³-hybridized carbons (Fsp3) is 0.469. The smallest absolute Gasteiger partial charge is 0.407 e. The molecule has 0 bridgehead atoms. The highest BCUT2D eigenvalue weighted by molar-refractivity contribution is 5.86. The molecule has 0 aromatic heterocycles. The van der Waals surface area contributed by atoms with Gasteiger partial charge in [-0.25, -0.2) is 14.6 Å². The number of amides is 4. The minimum Gasteiger partial charge on any atom is -0.453 e. The van der Waals surface area contributed by atoms with E-state index in [9.17, 15) is 29.5 Å². The molecular weight excluding hydrogens is 580 g/mol. The van der Waals surface area contributed by atoms with E-state index in [2.05, 4.69) is 36.9 Å². The number of benzene rings is 2. The first-order chi connectivity index (χ1) is 21.4. The normalized spacial score (nSPS) is 13.6. The second kappa shape index (κ2) is 18.2. The fourth-order valence-electron chi connectivity index (χ4n) is 4.50. The van der Waals surface area contributed by atoms with Crippen LogP contribution in [0, 0.1) is 23.2 Å². The molecular formula is C32H44N6O7. The van der Waals surface area contributed by atoms with Gasteiger partial charge in [0.1, 0.15) is 12.1 Å². The summed E-state index contributed by atoms with van der Waals surface area (Å²) in [6.07, 6.45) is -2.51. The van der Waals surface area contributed by atoms with E-state index in [-0.39, 0.29) is 31.3 Å². The monoisotopic (exact) mass is 624 g/mol. The second-order valence-electron chi connectivity index (χ2n) is 11.3. The van der Waals surface area contributed by atoms with Crippen molar-refractivity contribution >= 4 is 24.0 Å². The third kappa shape index (κ3) is 12.1. The standard InChI is InChI=1S/C32H44N6O7/c1-20(2)27(35-31(42)44-5)29(40)34-25(16-22-10-8-7-9-11-22)26(39)19-38(18-24-14-12-23(17-33)13-15-24)37-30(41)28(21(3)4)36-32(43)45-6/h7-15,20-21,25-28,39H,16,18-19H2,1-6H3,(H,34,40)(H,35,42)(H,36,43)(H,37,41)/t25-,26?,27-,28-/m0/s1. The number of ether oxygens (including phenoxy) is 2. The highest BCUT2D eigenvalue weighted by atomic mass is 16.5. The Kier molecular flexibility index (Phi) is 14.8. The van der Waals surface area contributed by atoms with Gasteiger partial charge in [0.15, 0.2) is 0 Å². The number of hydrogen-bond donors (Lipinski definition) is 5. The van der Waals surface area contributed by atoms with E-state index < -0.39 is 48.2 Å². The van der Waals surface area contributed by atoms with Crippen molar-refractivity contribution in [1.29, 1.82) is 5.26 Å². The van der Waals surface area contributed by atoms with Gasteiger partial charge in [0.2, 0.25) is 5.91 Å². The Hall–Kier alpha value is -4.67. The van der Waals surface area contributed by atoms with Crippen molar-refractivity contribution in [2.75, 3.05) is 20.8 Å². The van der Waals surface area contributed by atoms with Crippen molar-refractivity contribution in [1.82, 2.24) is 26.4 Å². The van der Waals surface area contributed by atoms with Gasteiger partial charge in [-0.15, -0.1) is 0 Å². The van der Waals surface area contributed by atoms with Crippen LogP contribution in [0.15, 0.2) is 54.6 Å². The zero-order valence-corrected chi connectivity index (χ0v) is 26.6. The molecule has 244 valence electrons. The summed E-state index contributed by atoms with van der Waals surface area (Å²) in [5.41, 5.74) is 4.83. The number of nitriles is 1. The number of carbonyl (C=O) groups is 4. The number of aliphatic hydroxyl groups is 1. The van der Waals surface area contributed by atoms with Gasteiger partial charge in [0, 0.05) is 13.1 Å². The molecule has 0 aliphatic rings. The molecule has 0 radical (unpaired) electrons. The molecule has 45 heavy (non-hydrogen) atoms. The zero-order chi connectivity index (χ0) is 33.5. The van der Waals surface area contributed by atoms with E-state index in [4.69, 9.17) is 0 Å². The summed E-state index contributed by atoms with van der Waals surface area (Å²) in [4.78, 5) is 50.6. The predicted octanol–water partition coefficient (Wildman–Crippen LogP) is 2.24. The van der Waals surface area contributed by atoms with Crippen LogP contribution in [0.3, 0.4) is 0 Å². The van der Waals surface area contributed by atoms with E-state index >= 15 is 0 Å². The number of hydrogen-bond acceptors (Lipinski definition) is 9. The van der Waals surface area contributed by atoms with Crippen LogP contribution in [0.25, 0.3) is 0 Å². The lowest BCUT2D eigenvalue weighted by atomic mass is 9.98. The summed E-state index contributed by atoms with van der Waals surface area (Å²) >= 11 is 0. The van der Waals surface area contributed by atoms with Crippen LogP contribution in [0.2, 0.25) is 0 Å². The maximum absolute atomic E-state index is 13.4. The Balaban J connectivity index is 2.39. The van der Waals surface area contributed by atoms with E-state index in [1.807, 2.05) is 30.3 Å². The largest absolute Gasteiger partial charge is 0.453 e. The minimum atomic E-state index is -1.22. The summed E-state index contributed by atoms with van der Waals surface area (Å²) in [5.74, 6) is -1.64. The number of carbonyl (C=O) groups excluding carboxylic acids is 4. The molecule has 13 nitrogen and oxygen atoms in total. The summed E-state index contributed by atoms with van der Waals surface area (Å²) in [5, 5.41) is 30.2. The highest BCUT2D eigenvalue weighted by Crippen LogP contribution is 2.13. The number of rotatable bonds is 15. The first-order valence-corrected chi connectivity index (χ1v) is 14.6.